The molecule has 1 heterocycles. The molecule has 2 aromatic carbocycles. The van der Waals surface area contributed by atoms with Gasteiger partial charge < -0.3 is 4.18 Å². The zero-order valence-electron chi connectivity index (χ0n) is 12.9. The Hall–Kier alpha value is -2.61. The van der Waals surface area contributed by atoms with Gasteiger partial charge in [-0.2, -0.15) is 21.6 Å². The van der Waals surface area contributed by atoms with Crippen molar-refractivity contribution in [2.75, 3.05) is 0 Å². The first kappa shape index (κ1) is 17.2. The summed E-state index contributed by atoms with van der Waals surface area (Å²) in [5.41, 5.74) is -3.29. The molecule has 0 aliphatic rings. The van der Waals surface area contributed by atoms with Crippen molar-refractivity contribution in [2.45, 2.75) is 12.4 Å². The van der Waals surface area contributed by atoms with Crippen molar-refractivity contribution in [2.24, 2.45) is 0 Å². The van der Waals surface area contributed by atoms with E-state index in [9.17, 15) is 21.6 Å². The molecule has 0 radical (unpaired) electrons. The molecular formula is C17H12F3NO3S. The summed E-state index contributed by atoms with van der Waals surface area (Å²) in [7, 11) is -5.81. The molecule has 3 aromatic rings. The number of fused-ring (bicyclic) bond motifs is 1. The lowest BCUT2D eigenvalue weighted by Crippen LogP contribution is -2.28. The number of hydrogen-bond acceptors (Lipinski definition) is 4. The third-order valence-corrected chi connectivity index (χ3v) is 4.54. The largest absolute Gasteiger partial charge is 0.534 e. The number of alkyl halides is 3. The molecule has 4 nitrogen and oxygen atoms in total. The molecule has 8 heteroatoms. The van der Waals surface area contributed by atoms with E-state index in [-0.39, 0.29) is 5.39 Å². The third-order valence-electron chi connectivity index (χ3n) is 3.59. The predicted molar refractivity (Wildman–Crippen MR) is 87.5 cm³/mol. The van der Waals surface area contributed by atoms with Crippen molar-refractivity contribution >= 4 is 20.9 Å². The maximum atomic E-state index is 12.6. The standard InChI is InChI=1S/C17H12F3NO3S/c1-11-5-7-12(8-6-11)14-4-2-3-13-9-10-21-16(15(13)14)24-25(22,23)17(18,19)20/h2-10H,1H3. The van der Waals surface area contributed by atoms with Gasteiger partial charge in [-0.25, -0.2) is 4.98 Å². The maximum Gasteiger partial charge on any atom is 0.534 e. The van der Waals surface area contributed by atoms with E-state index < -0.39 is 21.5 Å². The van der Waals surface area contributed by atoms with Crippen molar-refractivity contribution in [3.8, 4) is 17.0 Å². The lowest BCUT2D eigenvalue weighted by Gasteiger charge is -2.13. The minimum absolute atomic E-state index is 0.196. The Morgan fingerprint density at radius 2 is 1.68 bits per heavy atom. The summed E-state index contributed by atoms with van der Waals surface area (Å²) in [6.07, 6.45) is 1.20. The Kier molecular flexibility index (Phi) is 4.16. The van der Waals surface area contributed by atoms with Crippen LogP contribution < -0.4 is 4.18 Å². The van der Waals surface area contributed by atoms with Crippen LogP contribution in [-0.4, -0.2) is 18.9 Å². The smallest absolute Gasteiger partial charge is 0.355 e. The summed E-state index contributed by atoms with van der Waals surface area (Å²) in [6, 6.07) is 13.9. The quantitative estimate of drug-likeness (QED) is 0.507. The highest BCUT2D eigenvalue weighted by molar-refractivity contribution is 7.88. The third kappa shape index (κ3) is 3.30. The van der Waals surface area contributed by atoms with E-state index in [0.29, 0.717) is 16.5 Å². The molecule has 0 unspecified atom stereocenters. The number of halogens is 3. The number of rotatable bonds is 3. The second-order valence-electron chi connectivity index (χ2n) is 5.37. The van der Waals surface area contributed by atoms with Crippen LogP contribution in [-0.2, 0) is 10.1 Å². The van der Waals surface area contributed by atoms with Crippen LogP contribution in [0.3, 0.4) is 0 Å². The Morgan fingerprint density at radius 3 is 2.32 bits per heavy atom. The first-order valence-corrected chi connectivity index (χ1v) is 8.55. The molecule has 0 N–H and O–H groups in total. The Morgan fingerprint density at radius 1 is 1.00 bits per heavy atom. The molecule has 0 bridgehead atoms. The summed E-state index contributed by atoms with van der Waals surface area (Å²) < 4.78 is 65.0. The summed E-state index contributed by atoms with van der Waals surface area (Å²) in [4.78, 5) is 3.71. The van der Waals surface area contributed by atoms with E-state index in [1.807, 2.05) is 19.1 Å². The SMILES string of the molecule is Cc1ccc(-c2cccc3ccnc(OS(=O)(=O)C(F)(F)F)c23)cc1. The average molecular weight is 367 g/mol. The van der Waals surface area contributed by atoms with Gasteiger partial charge in [0.25, 0.3) is 0 Å². The summed E-state index contributed by atoms with van der Waals surface area (Å²) in [5, 5.41) is 0.710. The van der Waals surface area contributed by atoms with Crippen LogP contribution in [0.4, 0.5) is 13.2 Å². The molecule has 0 aliphatic heterocycles. The highest BCUT2D eigenvalue weighted by atomic mass is 32.2. The maximum absolute atomic E-state index is 12.6. The second-order valence-corrected chi connectivity index (χ2v) is 6.91. The van der Waals surface area contributed by atoms with Crippen LogP contribution in [0.5, 0.6) is 5.88 Å². The van der Waals surface area contributed by atoms with Gasteiger partial charge in [-0.3, -0.25) is 0 Å². The molecule has 0 spiro atoms. The first-order valence-electron chi connectivity index (χ1n) is 7.14. The zero-order valence-corrected chi connectivity index (χ0v) is 13.7. The van der Waals surface area contributed by atoms with Crippen LogP contribution in [0.15, 0.2) is 54.7 Å². The molecule has 0 saturated carbocycles. The number of pyridine rings is 1. The van der Waals surface area contributed by atoms with Crippen LogP contribution in [0.25, 0.3) is 21.9 Å². The molecule has 0 fully saturated rings. The average Bonchev–Trinajstić information content (AvgIpc) is 2.54. The number of nitrogens with zero attached hydrogens (tertiary/aromatic N) is 1. The van der Waals surface area contributed by atoms with Gasteiger partial charge in [0.15, 0.2) is 0 Å². The fraction of sp³-hybridized carbons (Fsp3) is 0.118. The first-order chi connectivity index (χ1) is 11.7. The summed E-state index contributed by atoms with van der Waals surface area (Å²) >= 11 is 0. The van der Waals surface area contributed by atoms with Crippen molar-refractivity contribution in [1.82, 2.24) is 4.98 Å². The van der Waals surface area contributed by atoms with Gasteiger partial charge in [0.2, 0.25) is 5.88 Å². The van der Waals surface area contributed by atoms with Gasteiger partial charge in [-0.1, -0.05) is 48.0 Å². The van der Waals surface area contributed by atoms with Crippen LogP contribution >= 0.6 is 0 Å². The van der Waals surface area contributed by atoms with Gasteiger partial charge in [-0.15, -0.1) is 0 Å². The van der Waals surface area contributed by atoms with Crippen molar-refractivity contribution < 1.29 is 25.8 Å². The van der Waals surface area contributed by atoms with Crippen LogP contribution in [0, 0.1) is 6.92 Å². The van der Waals surface area contributed by atoms with Gasteiger partial charge in [0, 0.05) is 6.20 Å². The van der Waals surface area contributed by atoms with Gasteiger partial charge in [0.05, 0.1) is 5.39 Å². The molecular weight excluding hydrogens is 355 g/mol. The summed E-state index contributed by atoms with van der Waals surface area (Å²) in [6.45, 7) is 1.90. The number of benzene rings is 2. The molecule has 3 rings (SSSR count). The molecule has 0 aliphatic carbocycles. The highest BCUT2D eigenvalue weighted by Gasteiger charge is 2.49. The molecule has 0 atom stereocenters. The van der Waals surface area contributed by atoms with E-state index in [1.165, 1.54) is 6.20 Å². The van der Waals surface area contributed by atoms with Gasteiger partial charge in [0.1, 0.15) is 0 Å². The Bertz CT molecular complexity index is 1020. The van der Waals surface area contributed by atoms with E-state index >= 15 is 0 Å². The lowest BCUT2D eigenvalue weighted by atomic mass is 9.98. The minimum atomic E-state index is -5.81. The van der Waals surface area contributed by atoms with E-state index in [4.69, 9.17) is 0 Å². The second kappa shape index (κ2) is 6.03. The molecule has 130 valence electrons. The number of hydrogen-bond donors (Lipinski definition) is 0. The molecule has 0 amide bonds. The Balaban J connectivity index is 2.23. The lowest BCUT2D eigenvalue weighted by molar-refractivity contribution is -0.0500. The number of aromatic nitrogens is 1. The van der Waals surface area contributed by atoms with E-state index in [0.717, 1.165) is 5.56 Å². The van der Waals surface area contributed by atoms with Crippen LogP contribution in [0.1, 0.15) is 5.56 Å². The summed E-state index contributed by atoms with van der Waals surface area (Å²) in [5.74, 6) is -0.606. The van der Waals surface area contributed by atoms with E-state index in [2.05, 4.69) is 9.17 Å². The van der Waals surface area contributed by atoms with Gasteiger partial charge in [-0.05, 0) is 29.5 Å². The van der Waals surface area contributed by atoms with Gasteiger partial charge >= 0.3 is 15.6 Å². The van der Waals surface area contributed by atoms with Crippen molar-refractivity contribution in [1.29, 1.82) is 0 Å². The Labute approximate surface area is 142 Å². The fourth-order valence-corrected chi connectivity index (χ4v) is 2.81. The predicted octanol–water partition coefficient (Wildman–Crippen LogP) is 4.44. The minimum Gasteiger partial charge on any atom is -0.355 e. The number of aryl methyl sites for hydroxylation is 1. The monoisotopic (exact) mass is 367 g/mol. The highest BCUT2D eigenvalue weighted by Crippen LogP contribution is 2.36. The van der Waals surface area contributed by atoms with Crippen molar-refractivity contribution in [3.05, 3.63) is 60.3 Å². The van der Waals surface area contributed by atoms with Crippen molar-refractivity contribution in [3.63, 3.8) is 0 Å². The molecule has 1 aromatic heterocycles. The van der Waals surface area contributed by atoms with Crippen LogP contribution in [0.2, 0.25) is 0 Å². The normalized spacial score (nSPS) is 12.3. The zero-order chi connectivity index (χ0) is 18.2. The molecule has 25 heavy (non-hydrogen) atoms. The topological polar surface area (TPSA) is 56.3 Å². The molecule has 0 saturated heterocycles. The fourth-order valence-electron chi connectivity index (χ4n) is 2.39. The van der Waals surface area contributed by atoms with E-state index in [1.54, 1.807) is 36.4 Å².